The van der Waals surface area contributed by atoms with Gasteiger partial charge in [-0.05, 0) is 42.5 Å². The Balaban J connectivity index is 2.24. The van der Waals surface area contributed by atoms with Gasteiger partial charge in [0.15, 0.2) is 5.78 Å². The lowest BCUT2D eigenvalue weighted by Gasteiger charge is -2.10. The largest absolute Gasteiger partial charge is 0.497 e. The second-order valence-electron chi connectivity index (χ2n) is 4.28. The summed E-state index contributed by atoms with van der Waals surface area (Å²) in [6.07, 6.45) is 0.252. The topological polar surface area (TPSA) is 35.5 Å². The van der Waals surface area contributed by atoms with Crippen molar-refractivity contribution >= 4 is 17.4 Å². The summed E-state index contributed by atoms with van der Waals surface area (Å²) in [4.78, 5) is 12.3. The molecule has 0 fully saturated rings. The molecule has 0 heterocycles. The molecule has 2 aromatic rings. The number of Topliss-reactive ketones (excluding diaryl/α,β-unsaturated/α-hetero) is 1. The maximum absolute atomic E-state index is 12.3. The van der Waals surface area contributed by atoms with Crippen LogP contribution >= 0.6 is 11.6 Å². The Morgan fingerprint density at radius 3 is 2.35 bits per heavy atom. The van der Waals surface area contributed by atoms with E-state index in [0.717, 1.165) is 5.56 Å². The predicted molar refractivity (Wildman–Crippen MR) is 79.0 cm³/mol. The first-order chi connectivity index (χ1) is 9.63. The fraction of sp³-hybridized carbons (Fsp3) is 0.188. The minimum atomic E-state index is 0.00761. The number of carbonyl (C=O) groups excluding carboxylic acids is 1. The third-order valence-corrected chi connectivity index (χ3v) is 3.26. The zero-order valence-corrected chi connectivity index (χ0v) is 12.1. The van der Waals surface area contributed by atoms with Gasteiger partial charge in [-0.2, -0.15) is 0 Å². The van der Waals surface area contributed by atoms with E-state index in [0.29, 0.717) is 22.1 Å². The Morgan fingerprint density at radius 2 is 1.75 bits per heavy atom. The Labute approximate surface area is 123 Å². The zero-order valence-electron chi connectivity index (χ0n) is 11.4. The summed E-state index contributed by atoms with van der Waals surface area (Å²) in [6, 6.07) is 12.3. The average molecular weight is 291 g/mol. The van der Waals surface area contributed by atoms with Crippen LogP contribution in [0, 0.1) is 0 Å². The van der Waals surface area contributed by atoms with Gasteiger partial charge >= 0.3 is 0 Å². The molecule has 2 rings (SSSR count). The van der Waals surface area contributed by atoms with Crippen LogP contribution in [0.4, 0.5) is 0 Å². The standard InChI is InChI=1S/C16H15ClO3/c1-19-14-7-8-16(20-2)12(9-14)10-15(18)11-3-5-13(17)6-4-11/h3-9H,10H2,1-2H3. The molecule has 0 unspecified atom stereocenters. The van der Waals surface area contributed by atoms with Gasteiger partial charge in [0.25, 0.3) is 0 Å². The van der Waals surface area contributed by atoms with E-state index in [2.05, 4.69) is 0 Å². The molecular formula is C16H15ClO3. The number of hydrogen-bond acceptors (Lipinski definition) is 3. The van der Waals surface area contributed by atoms with Crippen LogP contribution in [0.15, 0.2) is 42.5 Å². The third kappa shape index (κ3) is 3.31. The van der Waals surface area contributed by atoms with Crippen molar-refractivity contribution in [3.63, 3.8) is 0 Å². The molecule has 0 aliphatic carbocycles. The van der Waals surface area contributed by atoms with Gasteiger partial charge in [-0.25, -0.2) is 0 Å². The molecule has 0 atom stereocenters. The van der Waals surface area contributed by atoms with Crippen molar-refractivity contribution in [2.24, 2.45) is 0 Å². The zero-order chi connectivity index (χ0) is 14.5. The van der Waals surface area contributed by atoms with E-state index < -0.39 is 0 Å². The van der Waals surface area contributed by atoms with Crippen LogP contribution in [0.2, 0.25) is 5.02 Å². The monoisotopic (exact) mass is 290 g/mol. The molecule has 0 aliphatic rings. The Bertz CT molecular complexity index is 606. The molecule has 0 aromatic heterocycles. The molecule has 0 spiro atoms. The van der Waals surface area contributed by atoms with Crippen LogP contribution < -0.4 is 9.47 Å². The van der Waals surface area contributed by atoms with Gasteiger partial charge in [0, 0.05) is 22.6 Å². The summed E-state index contributed by atoms with van der Waals surface area (Å²) in [7, 11) is 3.17. The van der Waals surface area contributed by atoms with E-state index in [4.69, 9.17) is 21.1 Å². The molecule has 0 bridgehead atoms. The highest BCUT2D eigenvalue weighted by atomic mass is 35.5. The van der Waals surface area contributed by atoms with Gasteiger partial charge in [0.05, 0.1) is 14.2 Å². The van der Waals surface area contributed by atoms with E-state index in [1.54, 1.807) is 50.6 Å². The summed E-state index contributed by atoms with van der Waals surface area (Å²) >= 11 is 5.82. The smallest absolute Gasteiger partial charge is 0.167 e. The molecule has 0 N–H and O–H groups in total. The van der Waals surface area contributed by atoms with E-state index in [9.17, 15) is 4.79 Å². The summed E-state index contributed by atoms with van der Waals surface area (Å²) in [5, 5.41) is 0.612. The van der Waals surface area contributed by atoms with Crippen molar-refractivity contribution in [1.82, 2.24) is 0 Å². The van der Waals surface area contributed by atoms with Gasteiger partial charge < -0.3 is 9.47 Å². The second-order valence-corrected chi connectivity index (χ2v) is 4.72. The first-order valence-electron chi connectivity index (χ1n) is 6.13. The molecule has 104 valence electrons. The number of halogens is 1. The van der Waals surface area contributed by atoms with Gasteiger partial charge in [-0.15, -0.1) is 0 Å². The molecule has 0 aliphatic heterocycles. The Hall–Kier alpha value is -2.00. The number of benzene rings is 2. The highest BCUT2D eigenvalue weighted by Crippen LogP contribution is 2.25. The fourth-order valence-corrected chi connectivity index (χ4v) is 2.06. The lowest BCUT2D eigenvalue weighted by molar-refractivity contribution is 0.0992. The molecule has 0 radical (unpaired) electrons. The number of hydrogen-bond donors (Lipinski definition) is 0. The van der Waals surface area contributed by atoms with Gasteiger partial charge in [0.1, 0.15) is 11.5 Å². The van der Waals surface area contributed by atoms with Crippen molar-refractivity contribution in [3.8, 4) is 11.5 Å². The highest BCUT2D eigenvalue weighted by Gasteiger charge is 2.12. The molecule has 0 saturated carbocycles. The van der Waals surface area contributed by atoms with Crippen molar-refractivity contribution in [2.75, 3.05) is 14.2 Å². The van der Waals surface area contributed by atoms with Gasteiger partial charge in [-0.3, -0.25) is 4.79 Å². The average Bonchev–Trinajstić information content (AvgIpc) is 2.47. The van der Waals surface area contributed by atoms with Gasteiger partial charge in [-0.1, -0.05) is 11.6 Å². The van der Waals surface area contributed by atoms with Crippen LogP contribution in [0.5, 0.6) is 11.5 Å². The van der Waals surface area contributed by atoms with Crippen LogP contribution in [0.25, 0.3) is 0 Å². The third-order valence-electron chi connectivity index (χ3n) is 3.00. The number of carbonyl (C=O) groups is 1. The van der Waals surface area contributed by atoms with Crippen molar-refractivity contribution in [1.29, 1.82) is 0 Å². The number of ether oxygens (including phenoxy) is 2. The summed E-state index contributed by atoms with van der Waals surface area (Å²) in [6.45, 7) is 0. The first kappa shape index (κ1) is 14.4. The molecule has 4 heteroatoms. The van der Waals surface area contributed by atoms with Crippen molar-refractivity contribution in [3.05, 3.63) is 58.6 Å². The first-order valence-corrected chi connectivity index (χ1v) is 6.51. The van der Waals surface area contributed by atoms with E-state index in [1.165, 1.54) is 0 Å². The van der Waals surface area contributed by atoms with Crippen LogP contribution in [-0.4, -0.2) is 20.0 Å². The van der Waals surface area contributed by atoms with E-state index in [-0.39, 0.29) is 12.2 Å². The Kier molecular flexibility index (Phi) is 4.64. The summed E-state index contributed by atoms with van der Waals surface area (Å²) in [5.74, 6) is 1.38. The Morgan fingerprint density at radius 1 is 1.05 bits per heavy atom. The van der Waals surface area contributed by atoms with Crippen molar-refractivity contribution in [2.45, 2.75) is 6.42 Å². The molecule has 0 saturated heterocycles. The van der Waals surface area contributed by atoms with Crippen LogP contribution in [0.1, 0.15) is 15.9 Å². The quantitative estimate of drug-likeness (QED) is 0.786. The molecule has 2 aromatic carbocycles. The lowest BCUT2D eigenvalue weighted by atomic mass is 10.0. The predicted octanol–water partition coefficient (Wildman–Crippen LogP) is 3.78. The fourth-order valence-electron chi connectivity index (χ4n) is 1.93. The number of rotatable bonds is 5. The number of methoxy groups -OCH3 is 2. The summed E-state index contributed by atoms with van der Waals surface area (Å²) < 4.78 is 10.4. The van der Waals surface area contributed by atoms with E-state index >= 15 is 0 Å². The summed E-state index contributed by atoms with van der Waals surface area (Å²) in [5.41, 5.74) is 1.42. The second kappa shape index (κ2) is 6.44. The normalized spacial score (nSPS) is 10.2. The molecular weight excluding hydrogens is 276 g/mol. The minimum absolute atomic E-state index is 0.00761. The highest BCUT2D eigenvalue weighted by molar-refractivity contribution is 6.30. The van der Waals surface area contributed by atoms with Crippen molar-refractivity contribution < 1.29 is 14.3 Å². The molecule has 3 nitrogen and oxygen atoms in total. The minimum Gasteiger partial charge on any atom is -0.497 e. The SMILES string of the molecule is COc1ccc(OC)c(CC(=O)c2ccc(Cl)cc2)c1. The maximum atomic E-state index is 12.3. The molecule has 20 heavy (non-hydrogen) atoms. The maximum Gasteiger partial charge on any atom is 0.167 e. The lowest BCUT2D eigenvalue weighted by Crippen LogP contribution is -2.05. The number of ketones is 1. The van der Waals surface area contributed by atoms with Crippen LogP contribution in [-0.2, 0) is 6.42 Å². The molecule has 0 amide bonds. The van der Waals surface area contributed by atoms with E-state index in [1.807, 2.05) is 6.07 Å². The van der Waals surface area contributed by atoms with Gasteiger partial charge in [0.2, 0.25) is 0 Å². The van der Waals surface area contributed by atoms with Crippen LogP contribution in [0.3, 0.4) is 0 Å².